The van der Waals surface area contributed by atoms with E-state index < -0.39 is 0 Å². The largest absolute Gasteiger partial charge is 0.377 e. The first-order valence-electron chi connectivity index (χ1n) is 5.37. The number of morpholine rings is 1. The zero-order chi connectivity index (χ0) is 10.1. The number of carbonyl (C=O) groups is 1. The average Bonchev–Trinajstić information content (AvgIpc) is 2.94. The Labute approximate surface area is 84.4 Å². The molecule has 2 fully saturated rings. The van der Waals surface area contributed by atoms with Crippen molar-refractivity contribution >= 4 is 5.91 Å². The first kappa shape index (κ1) is 9.93. The highest BCUT2D eigenvalue weighted by molar-refractivity contribution is 5.82. The van der Waals surface area contributed by atoms with E-state index >= 15 is 0 Å². The van der Waals surface area contributed by atoms with Crippen LogP contribution in [0.5, 0.6) is 0 Å². The molecule has 0 radical (unpaired) electrons. The van der Waals surface area contributed by atoms with Crippen molar-refractivity contribution in [2.45, 2.75) is 31.8 Å². The van der Waals surface area contributed by atoms with Gasteiger partial charge in [0.25, 0.3) is 0 Å². The molecule has 14 heavy (non-hydrogen) atoms. The van der Waals surface area contributed by atoms with Gasteiger partial charge in [0, 0.05) is 12.6 Å². The van der Waals surface area contributed by atoms with E-state index in [4.69, 9.17) is 10.5 Å². The fraction of sp³-hybridized carbons (Fsp3) is 0.900. The quantitative estimate of drug-likeness (QED) is 0.678. The van der Waals surface area contributed by atoms with Crippen LogP contribution in [0.3, 0.4) is 0 Å². The summed E-state index contributed by atoms with van der Waals surface area (Å²) in [4.78, 5) is 13.9. The zero-order valence-corrected chi connectivity index (χ0v) is 8.61. The minimum Gasteiger partial charge on any atom is -0.377 e. The van der Waals surface area contributed by atoms with Crippen LogP contribution in [0.1, 0.15) is 19.8 Å². The van der Waals surface area contributed by atoms with E-state index in [9.17, 15) is 4.79 Å². The lowest BCUT2D eigenvalue weighted by Gasteiger charge is -2.35. The fourth-order valence-corrected chi connectivity index (χ4v) is 1.99. The topological polar surface area (TPSA) is 55.6 Å². The van der Waals surface area contributed by atoms with Gasteiger partial charge in [0.2, 0.25) is 5.91 Å². The number of carbonyl (C=O) groups excluding carboxylic acids is 1. The highest BCUT2D eigenvalue weighted by Gasteiger charge is 2.44. The monoisotopic (exact) mass is 198 g/mol. The molecular formula is C10H18N2O2. The van der Waals surface area contributed by atoms with E-state index in [1.165, 1.54) is 0 Å². The van der Waals surface area contributed by atoms with Crippen LogP contribution in [-0.2, 0) is 9.53 Å². The Morgan fingerprint density at radius 2 is 2.36 bits per heavy atom. The Balaban J connectivity index is 1.96. The molecule has 1 saturated carbocycles. The Kier molecular flexibility index (Phi) is 2.74. The van der Waals surface area contributed by atoms with Crippen LogP contribution >= 0.6 is 0 Å². The molecule has 2 rings (SSSR count). The van der Waals surface area contributed by atoms with Crippen molar-refractivity contribution < 1.29 is 9.53 Å². The SMILES string of the molecule is CCC1COCCN1C(=O)C1CC1N. The molecule has 0 aromatic heterocycles. The standard InChI is InChI=1S/C10H18N2O2/c1-2-7-6-14-4-3-12(7)10(13)8-5-9(8)11/h7-9H,2-6,11H2,1H3. The normalized spacial score (nSPS) is 37.0. The highest BCUT2D eigenvalue weighted by atomic mass is 16.5. The molecular weight excluding hydrogens is 180 g/mol. The van der Waals surface area contributed by atoms with Crippen molar-refractivity contribution in [3.63, 3.8) is 0 Å². The van der Waals surface area contributed by atoms with E-state index in [-0.39, 0.29) is 23.9 Å². The van der Waals surface area contributed by atoms with Crippen molar-refractivity contribution in [2.75, 3.05) is 19.8 Å². The van der Waals surface area contributed by atoms with Crippen LogP contribution in [-0.4, -0.2) is 42.6 Å². The maximum atomic E-state index is 11.9. The molecule has 2 aliphatic rings. The van der Waals surface area contributed by atoms with E-state index in [0.29, 0.717) is 13.2 Å². The minimum absolute atomic E-state index is 0.0992. The molecule has 1 aliphatic carbocycles. The number of ether oxygens (including phenoxy) is 1. The number of hydrogen-bond acceptors (Lipinski definition) is 3. The second-order valence-corrected chi connectivity index (χ2v) is 4.17. The third-order valence-corrected chi connectivity index (χ3v) is 3.14. The van der Waals surface area contributed by atoms with Gasteiger partial charge >= 0.3 is 0 Å². The molecule has 0 aromatic carbocycles. The molecule has 1 amide bonds. The van der Waals surface area contributed by atoms with Crippen molar-refractivity contribution in [3.8, 4) is 0 Å². The fourth-order valence-electron chi connectivity index (χ4n) is 1.99. The van der Waals surface area contributed by atoms with E-state index in [2.05, 4.69) is 6.92 Å². The second-order valence-electron chi connectivity index (χ2n) is 4.17. The first-order valence-corrected chi connectivity index (χ1v) is 5.37. The number of rotatable bonds is 2. The Morgan fingerprint density at radius 3 is 2.93 bits per heavy atom. The summed E-state index contributed by atoms with van der Waals surface area (Å²) in [5.74, 6) is 0.342. The lowest BCUT2D eigenvalue weighted by molar-refractivity contribution is -0.141. The van der Waals surface area contributed by atoms with Gasteiger partial charge in [0.1, 0.15) is 0 Å². The lowest BCUT2D eigenvalue weighted by Crippen LogP contribution is -2.49. The van der Waals surface area contributed by atoms with Gasteiger partial charge in [-0.15, -0.1) is 0 Å². The molecule has 1 aliphatic heterocycles. The van der Waals surface area contributed by atoms with Crippen LogP contribution < -0.4 is 5.73 Å². The maximum absolute atomic E-state index is 11.9. The van der Waals surface area contributed by atoms with E-state index in [1.54, 1.807) is 0 Å². The van der Waals surface area contributed by atoms with Gasteiger partial charge in [-0.3, -0.25) is 4.79 Å². The van der Waals surface area contributed by atoms with Gasteiger partial charge in [-0.05, 0) is 12.8 Å². The number of hydrogen-bond donors (Lipinski definition) is 1. The number of nitrogens with two attached hydrogens (primary N) is 1. The van der Waals surface area contributed by atoms with E-state index in [1.807, 2.05) is 4.90 Å². The predicted molar refractivity (Wildman–Crippen MR) is 52.7 cm³/mol. The summed E-state index contributed by atoms with van der Waals surface area (Å²) < 4.78 is 5.36. The molecule has 2 N–H and O–H groups in total. The third-order valence-electron chi connectivity index (χ3n) is 3.14. The summed E-state index contributed by atoms with van der Waals surface area (Å²) >= 11 is 0. The summed E-state index contributed by atoms with van der Waals surface area (Å²) in [5.41, 5.74) is 5.68. The van der Waals surface area contributed by atoms with Crippen LogP contribution in [0.4, 0.5) is 0 Å². The Hall–Kier alpha value is -0.610. The molecule has 4 nitrogen and oxygen atoms in total. The molecule has 4 heteroatoms. The van der Waals surface area contributed by atoms with Crippen molar-refractivity contribution in [2.24, 2.45) is 11.7 Å². The van der Waals surface area contributed by atoms with Crippen molar-refractivity contribution in [1.29, 1.82) is 0 Å². The smallest absolute Gasteiger partial charge is 0.227 e. The van der Waals surface area contributed by atoms with Crippen molar-refractivity contribution in [1.82, 2.24) is 4.90 Å². The molecule has 0 bridgehead atoms. The molecule has 3 unspecified atom stereocenters. The van der Waals surface area contributed by atoms with Gasteiger partial charge in [0.05, 0.1) is 25.2 Å². The second kappa shape index (κ2) is 3.87. The van der Waals surface area contributed by atoms with Gasteiger partial charge in [-0.2, -0.15) is 0 Å². The average molecular weight is 198 g/mol. The molecule has 1 saturated heterocycles. The highest BCUT2D eigenvalue weighted by Crippen LogP contribution is 2.31. The first-order chi connectivity index (χ1) is 6.74. The van der Waals surface area contributed by atoms with Gasteiger partial charge in [0.15, 0.2) is 0 Å². The van der Waals surface area contributed by atoms with Crippen molar-refractivity contribution in [3.05, 3.63) is 0 Å². The molecule has 0 spiro atoms. The third kappa shape index (κ3) is 1.77. The summed E-state index contributed by atoms with van der Waals surface area (Å²) in [6.45, 7) is 4.18. The van der Waals surface area contributed by atoms with Gasteiger partial charge in [-0.1, -0.05) is 6.92 Å². The van der Waals surface area contributed by atoms with Gasteiger partial charge in [-0.25, -0.2) is 0 Å². The molecule has 3 atom stereocenters. The molecule has 80 valence electrons. The summed E-state index contributed by atoms with van der Waals surface area (Å²) in [6, 6.07) is 0.381. The summed E-state index contributed by atoms with van der Waals surface area (Å²) in [7, 11) is 0. The Bertz CT molecular complexity index is 232. The summed E-state index contributed by atoms with van der Waals surface area (Å²) in [6.07, 6.45) is 1.83. The minimum atomic E-state index is 0.0992. The lowest BCUT2D eigenvalue weighted by atomic mass is 10.1. The maximum Gasteiger partial charge on any atom is 0.227 e. The molecule has 1 heterocycles. The Morgan fingerprint density at radius 1 is 1.64 bits per heavy atom. The number of nitrogens with zero attached hydrogens (tertiary/aromatic N) is 1. The predicted octanol–water partition coefficient (Wildman–Crippen LogP) is -0.0290. The van der Waals surface area contributed by atoms with Gasteiger partial charge < -0.3 is 15.4 Å². The van der Waals surface area contributed by atoms with Crippen LogP contribution in [0.2, 0.25) is 0 Å². The number of amides is 1. The van der Waals surface area contributed by atoms with E-state index in [0.717, 1.165) is 19.4 Å². The van der Waals surface area contributed by atoms with Crippen LogP contribution in [0.25, 0.3) is 0 Å². The van der Waals surface area contributed by atoms with Crippen LogP contribution in [0, 0.1) is 5.92 Å². The summed E-state index contributed by atoms with van der Waals surface area (Å²) in [5, 5.41) is 0. The molecule has 0 aromatic rings. The van der Waals surface area contributed by atoms with Crippen LogP contribution in [0.15, 0.2) is 0 Å². The zero-order valence-electron chi connectivity index (χ0n) is 8.61.